The van der Waals surface area contributed by atoms with Gasteiger partial charge in [-0.15, -0.1) is 0 Å². The van der Waals surface area contributed by atoms with Crippen molar-refractivity contribution in [3.63, 3.8) is 0 Å². The molecule has 0 radical (unpaired) electrons. The molecular formula is C11H18NO9-. The molecule has 10 heteroatoms. The van der Waals surface area contributed by atoms with Crippen LogP contribution in [0.15, 0.2) is 0 Å². The molecule has 122 valence electrons. The van der Waals surface area contributed by atoms with Gasteiger partial charge < -0.3 is 45.5 Å². The van der Waals surface area contributed by atoms with Crippen molar-refractivity contribution in [2.24, 2.45) is 0 Å². The second-order valence-corrected chi connectivity index (χ2v) is 4.89. The van der Waals surface area contributed by atoms with Gasteiger partial charge in [0.15, 0.2) is 0 Å². The number of rotatable bonds is 5. The smallest absolute Gasteiger partial charge is 0.217 e. The number of aliphatic hydroxyl groups is 5. The second kappa shape index (κ2) is 6.64. The molecular weight excluding hydrogens is 290 g/mol. The first-order valence-electron chi connectivity index (χ1n) is 6.16. The largest absolute Gasteiger partial charge is 0.544 e. The second-order valence-electron chi connectivity index (χ2n) is 4.89. The Labute approximate surface area is 119 Å². The maximum absolute atomic E-state index is 11.1. The van der Waals surface area contributed by atoms with Crippen molar-refractivity contribution in [1.82, 2.24) is 5.32 Å². The number of aliphatic carboxylic acids is 1. The minimum atomic E-state index is -2.89. The number of amides is 1. The third kappa shape index (κ3) is 3.87. The average molecular weight is 308 g/mol. The van der Waals surface area contributed by atoms with Crippen molar-refractivity contribution in [3.8, 4) is 0 Å². The minimum absolute atomic E-state index is 0.614. The SMILES string of the molecule is CC(=O)N[C@H]1[C@H]([C@H](O)[C@H](O)CO)O[C@](O)(C(=O)[O-])C[C@@H]1O. The lowest BCUT2D eigenvalue weighted by atomic mass is 9.88. The molecule has 6 N–H and O–H groups in total. The van der Waals surface area contributed by atoms with Gasteiger partial charge in [0.05, 0.1) is 18.8 Å². The van der Waals surface area contributed by atoms with Crippen molar-refractivity contribution in [3.05, 3.63) is 0 Å². The van der Waals surface area contributed by atoms with Gasteiger partial charge in [0, 0.05) is 13.3 Å². The number of nitrogens with one attached hydrogen (secondary N) is 1. The van der Waals surface area contributed by atoms with E-state index in [0.717, 1.165) is 6.92 Å². The third-order valence-electron chi connectivity index (χ3n) is 3.19. The molecule has 1 fully saturated rings. The maximum atomic E-state index is 11.1. The van der Waals surface area contributed by atoms with Crippen LogP contribution in [0.2, 0.25) is 0 Å². The predicted molar refractivity (Wildman–Crippen MR) is 62.2 cm³/mol. The quantitative estimate of drug-likeness (QED) is 0.289. The molecule has 1 saturated heterocycles. The molecule has 0 aliphatic carbocycles. The summed E-state index contributed by atoms with van der Waals surface area (Å²) in [7, 11) is 0. The zero-order chi connectivity index (χ0) is 16.4. The van der Waals surface area contributed by atoms with Crippen molar-refractivity contribution < 1.29 is 45.0 Å². The summed E-state index contributed by atoms with van der Waals surface area (Å²) in [6.07, 6.45) is -7.67. The molecule has 0 aromatic heterocycles. The van der Waals surface area contributed by atoms with Gasteiger partial charge >= 0.3 is 0 Å². The van der Waals surface area contributed by atoms with Crippen LogP contribution >= 0.6 is 0 Å². The third-order valence-corrected chi connectivity index (χ3v) is 3.19. The molecule has 1 aliphatic heterocycles. The van der Waals surface area contributed by atoms with Crippen LogP contribution in [-0.4, -0.2) is 80.3 Å². The van der Waals surface area contributed by atoms with Crippen LogP contribution in [0, 0.1) is 0 Å². The lowest BCUT2D eigenvalue weighted by Crippen LogP contribution is -2.68. The Balaban J connectivity index is 3.07. The fourth-order valence-electron chi connectivity index (χ4n) is 2.13. The first-order chi connectivity index (χ1) is 9.62. The lowest BCUT2D eigenvalue weighted by Gasteiger charge is -2.46. The number of aliphatic hydroxyl groups excluding tert-OH is 4. The molecule has 0 saturated carbocycles. The fraction of sp³-hybridized carbons (Fsp3) is 0.818. The van der Waals surface area contributed by atoms with E-state index in [9.17, 15) is 35.1 Å². The predicted octanol–water partition coefficient (Wildman–Crippen LogP) is -5.21. The van der Waals surface area contributed by atoms with E-state index in [2.05, 4.69) is 5.32 Å². The molecule has 0 aromatic carbocycles. The van der Waals surface area contributed by atoms with Gasteiger partial charge in [-0.05, 0) is 0 Å². The zero-order valence-corrected chi connectivity index (χ0v) is 11.2. The van der Waals surface area contributed by atoms with Crippen LogP contribution in [-0.2, 0) is 14.3 Å². The van der Waals surface area contributed by atoms with Gasteiger partial charge in [-0.2, -0.15) is 0 Å². The first kappa shape index (κ1) is 17.8. The molecule has 0 bridgehead atoms. The number of carbonyl (C=O) groups is 2. The Morgan fingerprint density at radius 2 is 2.05 bits per heavy atom. The molecule has 1 rings (SSSR count). The Hall–Kier alpha value is -1.30. The Morgan fingerprint density at radius 1 is 1.48 bits per heavy atom. The zero-order valence-electron chi connectivity index (χ0n) is 11.2. The Morgan fingerprint density at radius 3 is 2.48 bits per heavy atom. The van der Waals surface area contributed by atoms with Crippen LogP contribution in [0.1, 0.15) is 13.3 Å². The van der Waals surface area contributed by atoms with Crippen molar-refractivity contribution >= 4 is 11.9 Å². The number of carboxylic acid groups (broad SMARTS) is 1. The van der Waals surface area contributed by atoms with E-state index in [4.69, 9.17) is 9.84 Å². The van der Waals surface area contributed by atoms with E-state index in [1.54, 1.807) is 0 Å². The molecule has 6 atom stereocenters. The summed E-state index contributed by atoms with van der Waals surface area (Å²) in [6.45, 7) is 0.228. The molecule has 0 unspecified atom stereocenters. The van der Waals surface area contributed by atoms with Crippen molar-refractivity contribution in [2.45, 2.75) is 49.6 Å². The van der Waals surface area contributed by atoms with Gasteiger partial charge in [-0.3, -0.25) is 4.79 Å². The molecule has 1 aliphatic rings. The number of ether oxygens (including phenoxy) is 1. The number of hydrogen-bond donors (Lipinski definition) is 6. The van der Waals surface area contributed by atoms with Gasteiger partial charge in [-0.25, -0.2) is 0 Å². The van der Waals surface area contributed by atoms with Gasteiger partial charge in [-0.1, -0.05) is 0 Å². The highest BCUT2D eigenvalue weighted by Gasteiger charge is 2.50. The molecule has 1 heterocycles. The average Bonchev–Trinajstić information content (AvgIpc) is 2.39. The molecule has 10 nitrogen and oxygen atoms in total. The van der Waals surface area contributed by atoms with E-state index >= 15 is 0 Å². The first-order valence-corrected chi connectivity index (χ1v) is 6.16. The standard InChI is InChI=1S/C11H19NO9/c1-4(14)12-7-5(15)2-11(20,10(18)19)21-9(7)8(17)6(16)3-13/h5-9,13,15-17,20H,2-3H2,1H3,(H,12,14)(H,18,19)/p-1/t5-,6+,7+,8+,9+,11-/m0/s1. The normalized spacial score (nSPS) is 35.8. The van der Waals surface area contributed by atoms with Crippen LogP contribution in [0.5, 0.6) is 0 Å². The van der Waals surface area contributed by atoms with Crippen LogP contribution in [0.4, 0.5) is 0 Å². The summed E-state index contributed by atoms with van der Waals surface area (Å²) in [4.78, 5) is 22.0. The Kier molecular flexibility index (Phi) is 5.61. The van der Waals surface area contributed by atoms with E-state index < -0.39 is 61.1 Å². The minimum Gasteiger partial charge on any atom is -0.544 e. The molecule has 1 amide bonds. The van der Waals surface area contributed by atoms with Gasteiger partial charge in [0.1, 0.15) is 24.3 Å². The molecule has 0 spiro atoms. The summed E-state index contributed by atoms with van der Waals surface area (Å²) in [5, 5.41) is 60.8. The van der Waals surface area contributed by atoms with E-state index in [1.165, 1.54) is 0 Å². The summed E-state index contributed by atoms with van der Waals surface area (Å²) >= 11 is 0. The molecule has 0 aromatic rings. The molecule has 21 heavy (non-hydrogen) atoms. The summed E-state index contributed by atoms with van der Waals surface area (Å²) in [6, 6.07) is -1.29. The van der Waals surface area contributed by atoms with Crippen molar-refractivity contribution in [1.29, 1.82) is 0 Å². The summed E-state index contributed by atoms with van der Waals surface area (Å²) in [5.74, 6) is -5.55. The highest BCUT2D eigenvalue weighted by molar-refractivity contribution is 5.74. The van der Waals surface area contributed by atoms with E-state index in [1.807, 2.05) is 0 Å². The van der Waals surface area contributed by atoms with Crippen LogP contribution < -0.4 is 10.4 Å². The summed E-state index contributed by atoms with van der Waals surface area (Å²) in [5.41, 5.74) is 0. The number of carbonyl (C=O) groups excluding carboxylic acids is 2. The lowest BCUT2D eigenvalue weighted by molar-refractivity contribution is -0.374. The van der Waals surface area contributed by atoms with Crippen LogP contribution in [0.25, 0.3) is 0 Å². The van der Waals surface area contributed by atoms with E-state index in [-0.39, 0.29) is 0 Å². The fourth-order valence-corrected chi connectivity index (χ4v) is 2.13. The van der Waals surface area contributed by atoms with E-state index in [0.29, 0.717) is 0 Å². The topological polar surface area (TPSA) is 180 Å². The highest BCUT2D eigenvalue weighted by Crippen LogP contribution is 2.29. The van der Waals surface area contributed by atoms with Crippen molar-refractivity contribution in [2.75, 3.05) is 6.61 Å². The Bertz CT molecular complexity index is 403. The number of carboxylic acids is 1. The van der Waals surface area contributed by atoms with Crippen LogP contribution in [0.3, 0.4) is 0 Å². The van der Waals surface area contributed by atoms with Gasteiger partial charge in [0.25, 0.3) is 0 Å². The monoisotopic (exact) mass is 308 g/mol. The maximum Gasteiger partial charge on any atom is 0.217 e. The highest BCUT2D eigenvalue weighted by atomic mass is 16.7. The number of hydrogen-bond acceptors (Lipinski definition) is 9. The van der Waals surface area contributed by atoms with Gasteiger partial charge in [0.2, 0.25) is 11.7 Å². The summed E-state index contributed by atoms with van der Waals surface area (Å²) < 4.78 is 4.80.